The molecule has 1 atom stereocenters. The van der Waals surface area contributed by atoms with Gasteiger partial charge < -0.3 is 14.5 Å². The fraction of sp³-hybridized carbons (Fsp3) is 0.318. The summed E-state index contributed by atoms with van der Waals surface area (Å²) in [5.41, 5.74) is 2.20. The van der Waals surface area contributed by atoms with E-state index < -0.39 is 0 Å². The van der Waals surface area contributed by atoms with Crippen LogP contribution in [-0.2, 0) is 4.74 Å². The monoisotopic (exact) mass is 416 g/mol. The van der Waals surface area contributed by atoms with Crippen LogP contribution in [0.1, 0.15) is 27.7 Å². The zero-order valence-corrected chi connectivity index (χ0v) is 16.8. The lowest BCUT2D eigenvalue weighted by molar-refractivity contribution is 0.0161. The summed E-state index contributed by atoms with van der Waals surface area (Å²) in [5.74, 6) is -0.461. The number of hydrogen-bond acceptors (Lipinski definition) is 4. The number of rotatable bonds is 5. The third-order valence-electron chi connectivity index (χ3n) is 5.30. The third-order valence-corrected chi connectivity index (χ3v) is 5.55. The van der Waals surface area contributed by atoms with Crippen molar-refractivity contribution in [3.05, 3.63) is 70.2 Å². The number of hydrogen-bond donors (Lipinski definition) is 1. The Hall–Kier alpha value is -2.41. The predicted octanol–water partition coefficient (Wildman–Crippen LogP) is 4.34. The smallest absolute Gasteiger partial charge is 0.287 e. The van der Waals surface area contributed by atoms with Crippen molar-refractivity contribution in [2.45, 2.75) is 13.0 Å². The Balaban J connectivity index is 1.54. The van der Waals surface area contributed by atoms with E-state index in [2.05, 4.69) is 10.2 Å². The highest BCUT2D eigenvalue weighted by Crippen LogP contribution is 2.27. The van der Waals surface area contributed by atoms with Gasteiger partial charge in [-0.15, -0.1) is 0 Å². The molecule has 3 aromatic rings. The molecule has 4 rings (SSSR count). The SMILES string of the molecule is Cc1c(C(=O)NCC(c2ccc(Cl)cc2)N2CCOCC2)oc2ccc(F)cc12. The molecule has 1 fully saturated rings. The van der Waals surface area contributed by atoms with E-state index in [1.165, 1.54) is 12.1 Å². The molecule has 0 spiro atoms. The molecule has 1 saturated heterocycles. The summed E-state index contributed by atoms with van der Waals surface area (Å²) in [6.07, 6.45) is 0. The predicted molar refractivity (Wildman–Crippen MR) is 110 cm³/mol. The van der Waals surface area contributed by atoms with Gasteiger partial charge >= 0.3 is 0 Å². The lowest BCUT2D eigenvalue weighted by Gasteiger charge is -2.34. The van der Waals surface area contributed by atoms with Gasteiger partial charge in [0, 0.05) is 35.6 Å². The van der Waals surface area contributed by atoms with Gasteiger partial charge in [0.2, 0.25) is 0 Å². The topological polar surface area (TPSA) is 54.7 Å². The Kier molecular flexibility index (Phi) is 5.85. The Bertz CT molecular complexity index is 1010. The molecule has 1 N–H and O–H groups in total. The number of benzene rings is 2. The number of carbonyl (C=O) groups excluding carboxylic acids is 1. The molecule has 0 saturated carbocycles. The number of amides is 1. The number of ether oxygens (including phenoxy) is 1. The van der Waals surface area contributed by atoms with Gasteiger partial charge in [0.15, 0.2) is 5.76 Å². The second-order valence-electron chi connectivity index (χ2n) is 7.12. The molecule has 0 bridgehead atoms. The van der Waals surface area contributed by atoms with Crippen molar-refractivity contribution in [1.82, 2.24) is 10.2 Å². The average Bonchev–Trinajstić information content (AvgIpc) is 3.06. The minimum absolute atomic E-state index is 0.0118. The van der Waals surface area contributed by atoms with E-state index in [1.807, 2.05) is 24.3 Å². The molecule has 0 aliphatic carbocycles. The number of aryl methyl sites for hydroxylation is 1. The zero-order chi connectivity index (χ0) is 20.4. The molecule has 5 nitrogen and oxygen atoms in total. The molecule has 1 aliphatic rings. The van der Waals surface area contributed by atoms with Crippen LogP contribution in [0.3, 0.4) is 0 Å². The van der Waals surface area contributed by atoms with Gasteiger partial charge in [-0.05, 0) is 42.8 Å². The van der Waals surface area contributed by atoms with Crippen molar-refractivity contribution in [3.8, 4) is 0 Å². The zero-order valence-electron chi connectivity index (χ0n) is 16.1. The molecule has 1 amide bonds. The molecule has 0 radical (unpaired) electrons. The van der Waals surface area contributed by atoms with Crippen LogP contribution in [-0.4, -0.2) is 43.7 Å². The van der Waals surface area contributed by atoms with Crippen LogP contribution < -0.4 is 5.32 Å². The first-order valence-corrected chi connectivity index (χ1v) is 9.95. The second kappa shape index (κ2) is 8.53. The van der Waals surface area contributed by atoms with Gasteiger partial charge in [0.05, 0.1) is 19.3 Å². The quantitative estimate of drug-likeness (QED) is 0.672. The molecule has 2 heterocycles. The maximum Gasteiger partial charge on any atom is 0.287 e. The summed E-state index contributed by atoms with van der Waals surface area (Å²) < 4.78 is 24.7. The van der Waals surface area contributed by atoms with E-state index in [-0.39, 0.29) is 23.5 Å². The van der Waals surface area contributed by atoms with Gasteiger partial charge in [-0.3, -0.25) is 9.69 Å². The third kappa shape index (κ3) is 4.29. The summed E-state index contributed by atoms with van der Waals surface area (Å²) in [4.78, 5) is 15.1. The van der Waals surface area contributed by atoms with E-state index in [1.54, 1.807) is 13.0 Å². The Morgan fingerprint density at radius 3 is 2.66 bits per heavy atom. The first kappa shape index (κ1) is 19.9. The van der Waals surface area contributed by atoms with Crippen LogP contribution in [0.15, 0.2) is 46.9 Å². The van der Waals surface area contributed by atoms with E-state index in [4.69, 9.17) is 20.8 Å². The fourth-order valence-corrected chi connectivity index (χ4v) is 3.84. The van der Waals surface area contributed by atoms with Crippen molar-refractivity contribution in [1.29, 1.82) is 0 Å². The Labute approximate surface area is 173 Å². The van der Waals surface area contributed by atoms with Crippen LogP contribution >= 0.6 is 11.6 Å². The summed E-state index contributed by atoms with van der Waals surface area (Å²) >= 11 is 6.03. The van der Waals surface area contributed by atoms with Crippen LogP contribution in [0.25, 0.3) is 11.0 Å². The molecule has 2 aromatic carbocycles. The van der Waals surface area contributed by atoms with Crippen molar-refractivity contribution >= 4 is 28.5 Å². The van der Waals surface area contributed by atoms with E-state index in [0.717, 1.165) is 18.7 Å². The fourth-order valence-electron chi connectivity index (χ4n) is 3.71. The van der Waals surface area contributed by atoms with Gasteiger partial charge in [-0.25, -0.2) is 4.39 Å². The maximum absolute atomic E-state index is 13.5. The number of morpholine rings is 1. The summed E-state index contributed by atoms with van der Waals surface area (Å²) in [7, 11) is 0. The summed E-state index contributed by atoms with van der Waals surface area (Å²) in [5, 5.41) is 4.26. The number of carbonyl (C=O) groups is 1. The first-order valence-electron chi connectivity index (χ1n) is 9.57. The van der Waals surface area contributed by atoms with Crippen molar-refractivity contribution in [2.24, 2.45) is 0 Å². The van der Waals surface area contributed by atoms with Crippen LogP contribution in [0.5, 0.6) is 0 Å². The number of halogens is 2. The molecule has 1 aromatic heterocycles. The van der Waals surface area contributed by atoms with Gasteiger partial charge in [-0.2, -0.15) is 0 Å². The Morgan fingerprint density at radius 2 is 1.93 bits per heavy atom. The van der Waals surface area contributed by atoms with Crippen LogP contribution in [0.2, 0.25) is 5.02 Å². The molecule has 1 aliphatic heterocycles. The maximum atomic E-state index is 13.5. The highest BCUT2D eigenvalue weighted by molar-refractivity contribution is 6.30. The summed E-state index contributed by atoms with van der Waals surface area (Å²) in [6.45, 7) is 5.06. The molecule has 7 heteroatoms. The lowest BCUT2D eigenvalue weighted by atomic mass is 10.0. The number of nitrogens with one attached hydrogen (secondary N) is 1. The summed E-state index contributed by atoms with van der Waals surface area (Å²) in [6, 6.07) is 11.9. The van der Waals surface area contributed by atoms with Crippen LogP contribution in [0, 0.1) is 12.7 Å². The van der Waals surface area contributed by atoms with E-state index in [9.17, 15) is 9.18 Å². The molecular weight excluding hydrogens is 395 g/mol. The number of furan rings is 1. The highest BCUT2D eigenvalue weighted by atomic mass is 35.5. The van der Waals surface area contributed by atoms with Crippen molar-refractivity contribution < 1.29 is 18.3 Å². The number of fused-ring (bicyclic) bond motifs is 1. The number of nitrogens with zero attached hydrogens (tertiary/aromatic N) is 1. The minimum Gasteiger partial charge on any atom is -0.451 e. The van der Waals surface area contributed by atoms with Crippen molar-refractivity contribution in [2.75, 3.05) is 32.8 Å². The standard InChI is InChI=1S/C22H22ClFN2O3/c1-14-18-12-17(24)6-7-20(18)29-21(14)22(27)25-13-19(26-8-10-28-11-9-26)15-2-4-16(23)5-3-15/h2-7,12,19H,8-11,13H2,1H3,(H,25,27). The Morgan fingerprint density at radius 1 is 1.21 bits per heavy atom. The van der Waals surface area contributed by atoms with Gasteiger partial charge in [0.25, 0.3) is 5.91 Å². The van der Waals surface area contributed by atoms with Crippen molar-refractivity contribution in [3.63, 3.8) is 0 Å². The average molecular weight is 417 g/mol. The largest absolute Gasteiger partial charge is 0.451 e. The highest BCUT2D eigenvalue weighted by Gasteiger charge is 2.25. The first-order chi connectivity index (χ1) is 14.0. The molecule has 152 valence electrons. The molecule has 29 heavy (non-hydrogen) atoms. The van der Waals surface area contributed by atoms with E-state index >= 15 is 0 Å². The normalized spacial score (nSPS) is 16.1. The molecule has 1 unspecified atom stereocenters. The van der Waals surface area contributed by atoms with E-state index in [0.29, 0.717) is 41.3 Å². The minimum atomic E-state index is -0.358. The van der Waals surface area contributed by atoms with Gasteiger partial charge in [0.1, 0.15) is 11.4 Å². The lowest BCUT2D eigenvalue weighted by Crippen LogP contribution is -2.43. The van der Waals surface area contributed by atoms with Crippen LogP contribution in [0.4, 0.5) is 4.39 Å². The van der Waals surface area contributed by atoms with Gasteiger partial charge in [-0.1, -0.05) is 23.7 Å². The second-order valence-corrected chi connectivity index (χ2v) is 7.56. The molecular formula is C22H22ClFN2O3.